The molecule has 25 heavy (non-hydrogen) atoms. The Balaban J connectivity index is 0.00000312. The number of thiophene rings is 1. The number of aryl methyl sites for hydroxylation is 1. The van der Waals surface area contributed by atoms with Gasteiger partial charge < -0.3 is 16.0 Å². The van der Waals surface area contributed by atoms with E-state index in [1.165, 1.54) is 10.4 Å². The third kappa shape index (κ3) is 6.66. The lowest BCUT2D eigenvalue weighted by atomic mass is 10.1. The zero-order valence-electron chi connectivity index (χ0n) is 14.8. The number of aliphatic imine (C=N–C) groups is 1. The van der Waals surface area contributed by atoms with Gasteiger partial charge in [-0.1, -0.05) is 12.1 Å². The van der Waals surface area contributed by atoms with Crippen LogP contribution in [0.5, 0.6) is 0 Å². The Labute approximate surface area is 170 Å². The molecule has 0 aliphatic heterocycles. The molecule has 0 saturated heterocycles. The van der Waals surface area contributed by atoms with Crippen LogP contribution in [0.15, 0.2) is 40.7 Å². The van der Waals surface area contributed by atoms with Crippen molar-refractivity contribution in [3.63, 3.8) is 0 Å². The van der Waals surface area contributed by atoms with E-state index >= 15 is 0 Å². The summed E-state index contributed by atoms with van der Waals surface area (Å²) in [6.45, 7) is 6.31. The van der Waals surface area contributed by atoms with E-state index in [9.17, 15) is 4.79 Å². The van der Waals surface area contributed by atoms with E-state index in [0.29, 0.717) is 12.1 Å². The Hall–Kier alpha value is -1.61. The molecule has 2 rings (SSSR count). The number of rotatable bonds is 6. The maximum atomic E-state index is 11.5. The highest BCUT2D eigenvalue weighted by atomic mass is 127. The van der Waals surface area contributed by atoms with Crippen molar-refractivity contribution in [2.45, 2.75) is 26.9 Å². The molecule has 0 saturated carbocycles. The Morgan fingerprint density at radius 1 is 1.16 bits per heavy atom. The topological polar surface area (TPSA) is 65.5 Å². The monoisotopic (exact) mass is 472 g/mol. The summed E-state index contributed by atoms with van der Waals surface area (Å²) in [5, 5.41) is 11.3. The molecule has 0 fully saturated rings. The number of carbonyl (C=O) groups is 1. The average molecular weight is 472 g/mol. The van der Waals surface area contributed by atoms with Crippen LogP contribution in [-0.4, -0.2) is 25.5 Å². The van der Waals surface area contributed by atoms with Crippen LogP contribution in [0.25, 0.3) is 0 Å². The number of hydrogen-bond acceptors (Lipinski definition) is 3. The molecule has 1 aromatic heterocycles. The molecule has 0 radical (unpaired) electrons. The number of benzene rings is 1. The van der Waals surface area contributed by atoms with Crippen molar-refractivity contribution in [3.8, 4) is 0 Å². The average Bonchev–Trinajstić information content (AvgIpc) is 3.02. The van der Waals surface area contributed by atoms with Gasteiger partial charge in [0.1, 0.15) is 0 Å². The first-order valence-corrected chi connectivity index (χ1v) is 8.88. The van der Waals surface area contributed by atoms with Crippen molar-refractivity contribution in [2.24, 2.45) is 4.99 Å². The minimum absolute atomic E-state index is 0. The van der Waals surface area contributed by atoms with Crippen molar-refractivity contribution in [2.75, 3.05) is 13.6 Å². The van der Waals surface area contributed by atoms with E-state index in [1.807, 2.05) is 31.2 Å². The largest absolute Gasteiger partial charge is 0.357 e. The molecule has 1 aromatic carbocycles. The van der Waals surface area contributed by atoms with Gasteiger partial charge in [0, 0.05) is 24.0 Å². The van der Waals surface area contributed by atoms with Crippen molar-refractivity contribution in [3.05, 3.63) is 57.3 Å². The van der Waals surface area contributed by atoms with Gasteiger partial charge in [0.05, 0.1) is 13.1 Å². The van der Waals surface area contributed by atoms with Gasteiger partial charge in [0.15, 0.2) is 5.96 Å². The van der Waals surface area contributed by atoms with Gasteiger partial charge in [-0.15, -0.1) is 35.3 Å². The summed E-state index contributed by atoms with van der Waals surface area (Å²) >= 11 is 1.75. The maximum absolute atomic E-state index is 11.5. The number of hydrogen-bond donors (Lipinski definition) is 3. The molecule has 3 N–H and O–H groups in total. The molecule has 0 unspecified atom stereocenters. The predicted molar refractivity (Wildman–Crippen MR) is 116 cm³/mol. The second kappa shape index (κ2) is 11.1. The zero-order valence-corrected chi connectivity index (χ0v) is 17.9. The summed E-state index contributed by atoms with van der Waals surface area (Å²) < 4.78 is 0. The van der Waals surface area contributed by atoms with E-state index in [4.69, 9.17) is 0 Å². The number of nitrogens with zero attached hydrogens (tertiary/aromatic N) is 1. The molecule has 136 valence electrons. The minimum atomic E-state index is -0.0774. The van der Waals surface area contributed by atoms with E-state index in [-0.39, 0.29) is 29.9 Å². The lowest BCUT2D eigenvalue weighted by Crippen LogP contribution is -2.36. The highest BCUT2D eigenvalue weighted by Crippen LogP contribution is 2.14. The molecule has 2 aromatic rings. The van der Waals surface area contributed by atoms with Crippen molar-refractivity contribution >= 4 is 47.2 Å². The molecule has 0 aliphatic rings. The fraction of sp³-hybridized carbons (Fsp3) is 0.333. The molecule has 0 spiro atoms. The Bertz CT molecular complexity index is 697. The van der Waals surface area contributed by atoms with Gasteiger partial charge in [-0.2, -0.15) is 0 Å². The molecule has 0 atom stereocenters. The van der Waals surface area contributed by atoms with Crippen LogP contribution in [0.4, 0.5) is 0 Å². The molecule has 0 aliphatic carbocycles. The van der Waals surface area contributed by atoms with E-state index in [2.05, 4.69) is 39.3 Å². The van der Waals surface area contributed by atoms with Gasteiger partial charge in [0.25, 0.3) is 5.91 Å². The van der Waals surface area contributed by atoms with Crippen LogP contribution >= 0.6 is 35.3 Å². The molecular formula is C18H25IN4OS. The third-order valence-electron chi connectivity index (χ3n) is 3.59. The quantitative estimate of drug-likeness (QED) is 0.344. The van der Waals surface area contributed by atoms with Crippen LogP contribution in [0, 0.1) is 6.92 Å². The Morgan fingerprint density at radius 3 is 2.44 bits per heavy atom. The molecular weight excluding hydrogens is 447 g/mol. The lowest BCUT2D eigenvalue weighted by Gasteiger charge is -2.11. The lowest BCUT2D eigenvalue weighted by molar-refractivity contribution is 0.0963. The normalized spacial score (nSPS) is 10.8. The van der Waals surface area contributed by atoms with Crippen LogP contribution < -0.4 is 16.0 Å². The Morgan fingerprint density at radius 2 is 1.88 bits per heavy atom. The third-order valence-corrected chi connectivity index (χ3v) is 4.61. The second-order valence-electron chi connectivity index (χ2n) is 5.35. The van der Waals surface area contributed by atoms with Gasteiger partial charge in [-0.25, -0.2) is 4.99 Å². The highest BCUT2D eigenvalue weighted by molar-refractivity contribution is 14.0. The molecule has 7 heteroatoms. The number of guanidine groups is 1. The van der Waals surface area contributed by atoms with Crippen molar-refractivity contribution < 1.29 is 4.79 Å². The maximum Gasteiger partial charge on any atom is 0.251 e. The summed E-state index contributed by atoms with van der Waals surface area (Å²) in [6, 6.07) is 9.62. The standard InChI is InChI=1S/C18H24N4OS.HI/c1-4-20-18(22-12-16-13(2)9-10-24-16)21-11-14-5-7-15(8-6-14)17(23)19-3;/h5-10H,4,11-12H2,1-3H3,(H,19,23)(H2,20,21,22);1H. The molecule has 1 amide bonds. The van der Waals surface area contributed by atoms with Crippen LogP contribution in [0.1, 0.15) is 33.3 Å². The summed E-state index contributed by atoms with van der Waals surface area (Å²) in [4.78, 5) is 17.5. The fourth-order valence-corrected chi connectivity index (χ4v) is 3.01. The molecule has 5 nitrogen and oxygen atoms in total. The fourth-order valence-electron chi connectivity index (χ4n) is 2.17. The number of amides is 1. The summed E-state index contributed by atoms with van der Waals surface area (Å²) in [5.41, 5.74) is 3.02. The zero-order chi connectivity index (χ0) is 17.4. The van der Waals surface area contributed by atoms with Gasteiger partial charge in [-0.05, 0) is 48.6 Å². The highest BCUT2D eigenvalue weighted by Gasteiger charge is 2.04. The van der Waals surface area contributed by atoms with Crippen LogP contribution in [-0.2, 0) is 13.1 Å². The SMILES string of the molecule is CCNC(=NCc1ccc(C(=O)NC)cc1)NCc1sccc1C.I. The van der Waals surface area contributed by atoms with Crippen molar-refractivity contribution in [1.82, 2.24) is 16.0 Å². The smallest absolute Gasteiger partial charge is 0.251 e. The first-order valence-electron chi connectivity index (χ1n) is 8.00. The summed E-state index contributed by atoms with van der Waals surface area (Å²) in [7, 11) is 1.63. The van der Waals surface area contributed by atoms with E-state index in [0.717, 1.165) is 24.6 Å². The minimum Gasteiger partial charge on any atom is -0.357 e. The Kier molecular flexibility index (Phi) is 9.51. The number of carbonyl (C=O) groups excluding carboxylic acids is 1. The van der Waals surface area contributed by atoms with Crippen molar-refractivity contribution in [1.29, 1.82) is 0 Å². The van der Waals surface area contributed by atoms with Gasteiger partial charge >= 0.3 is 0 Å². The van der Waals surface area contributed by atoms with Gasteiger partial charge in [-0.3, -0.25) is 4.79 Å². The van der Waals surface area contributed by atoms with Gasteiger partial charge in [0.2, 0.25) is 0 Å². The first kappa shape index (κ1) is 21.4. The van der Waals surface area contributed by atoms with Crippen LogP contribution in [0.2, 0.25) is 0 Å². The molecule has 0 bridgehead atoms. The predicted octanol–water partition coefficient (Wildman–Crippen LogP) is 3.29. The molecule has 1 heterocycles. The summed E-state index contributed by atoms with van der Waals surface area (Å²) in [6.07, 6.45) is 0. The van der Waals surface area contributed by atoms with E-state index in [1.54, 1.807) is 18.4 Å². The number of halogens is 1. The van der Waals surface area contributed by atoms with E-state index < -0.39 is 0 Å². The number of nitrogens with one attached hydrogen (secondary N) is 3. The summed E-state index contributed by atoms with van der Waals surface area (Å²) in [5.74, 6) is 0.715. The van der Waals surface area contributed by atoms with Crippen LogP contribution in [0.3, 0.4) is 0 Å². The second-order valence-corrected chi connectivity index (χ2v) is 6.35. The first-order chi connectivity index (χ1) is 11.6.